The van der Waals surface area contributed by atoms with Gasteiger partial charge in [-0.15, -0.1) is 0 Å². The van der Waals surface area contributed by atoms with E-state index >= 15 is 0 Å². The minimum absolute atomic E-state index is 0.0293. The second-order valence-electron chi connectivity index (χ2n) is 5.56. The van der Waals surface area contributed by atoms with Crippen LogP contribution >= 0.6 is 0 Å². The van der Waals surface area contributed by atoms with Crippen molar-refractivity contribution >= 4 is 11.9 Å². The highest BCUT2D eigenvalue weighted by Crippen LogP contribution is 2.47. The van der Waals surface area contributed by atoms with Gasteiger partial charge in [-0.05, 0) is 32.4 Å². The molecule has 5 heteroatoms. The van der Waals surface area contributed by atoms with E-state index in [0.717, 1.165) is 12.2 Å². The smallest absolute Gasteiger partial charge is 0.313 e. The molecule has 1 fully saturated rings. The molecular weight excluding hydrogens is 246 g/mol. The lowest BCUT2D eigenvalue weighted by molar-refractivity contribution is -0.150. The first kappa shape index (κ1) is 13.6. The molecule has 0 aromatic carbocycles. The summed E-state index contributed by atoms with van der Waals surface area (Å²) in [6.07, 6.45) is 2.42. The van der Waals surface area contributed by atoms with Crippen LogP contribution in [-0.4, -0.2) is 25.5 Å². The number of amides is 1. The number of ether oxygens (including phenoxy) is 1. The summed E-state index contributed by atoms with van der Waals surface area (Å²) in [5.41, 5.74) is -0.709. The van der Waals surface area contributed by atoms with E-state index in [2.05, 4.69) is 5.32 Å². The Balaban J connectivity index is 1.82. The zero-order chi connectivity index (χ0) is 14.0. The van der Waals surface area contributed by atoms with Crippen LogP contribution in [0.15, 0.2) is 22.8 Å². The van der Waals surface area contributed by atoms with E-state index < -0.39 is 5.41 Å². The first-order chi connectivity index (χ1) is 8.95. The van der Waals surface area contributed by atoms with E-state index in [1.165, 1.54) is 7.11 Å². The second kappa shape index (κ2) is 5.07. The molecule has 0 spiro atoms. The van der Waals surface area contributed by atoms with E-state index in [4.69, 9.17) is 9.15 Å². The second-order valence-corrected chi connectivity index (χ2v) is 5.56. The summed E-state index contributed by atoms with van der Waals surface area (Å²) in [4.78, 5) is 23.5. The first-order valence-electron chi connectivity index (χ1n) is 6.35. The molecule has 2 unspecified atom stereocenters. The van der Waals surface area contributed by atoms with Crippen LogP contribution in [0.1, 0.15) is 31.9 Å². The predicted molar refractivity (Wildman–Crippen MR) is 68.4 cm³/mol. The van der Waals surface area contributed by atoms with Gasteiger partial charge in [0.2, 0.25) is 5.91 Å². The fourth-order valence-corrected chi connectivity index (χ4v) is 2.09. The van der Waals surface area contributed by atoms with Gasteiger partial charge in [0, 0.05) is 18.4 Å². The van der Waals surface area contributed by atoms with Crippen molar-refractivity contribution in [3.8, 4) is 0 Å². The van der Waals surface area contributed by atoms with Crippen LogP contribution < -0.4 is 5.32 Å². The number of nitrogens with one attached hydrogen (secondary N) is 1. The van der Waals surface area contributed by atoms with E-state index in [1.807, 2.05) is 12.1 Å². The molecule has 0 saturated heterocycles. The SMILES string of the molecule is COC(=O)C(C)(C)CNC(=O)C1CC1c1ccco1. The third-order valence-electron chi connectivity index (χ3n) is 3.48. The van der Waals surface area contributed by atoms with Crippen LogP contribution in [0.3, 0.4) is 0 Å². The number of carbonyl (C=O) groups is 2. The monoisotopic (exact) mass is 265 g/mol. The highest BCUT2D eigenvalue weighted by Gasteiger charge is 2.46. The Morgan fingerprint density at radius 3 is 2.84 bits per heavy atom. The van der Waals surface area contributed by atoms with Crippen molar-refractivity contribution < 1.29 is 18.7 Å². The van der Waals surface area contributed by atoms with Gasteiger partial charge in [0.15, 0.2) is 0 Å². The maximum absolute atomic E-state index is 12.0. The summed E-state index contributed by atoms with van der Waals surface area (Å²) in [5.74, 6) is 0.632. The lowest BCUT2D eigenvalue weighted by Gasteiger charge is -2.21. The van der Waals surface area contributed by atoms with Gasteiger partial charge in [-0.25, -0.2) is 0 Å². The van der Waals surface area contributed by atoms with Crippen LogP contribution in [-0.2, 0) is 14.3 Å². The maximum Gasteiger partial charge on any atom is 0.313 e. The molecule has 0 aliphatic heterocycles. The fourth-order valence-electron chi connectivity index (χ4n) is 2.09. The molecule has 1 aromatic rings. The standard InChI is InChI=1S/C14H19NO4/c1-14(2,13(17)18-3)8-15-12(16)10-7-9(10)11-5-4-6-19-11/h4-6,9-10H,7-8H2,1-3H3,(H,15,16). The number of methoxy groups -OCH3 is 1. The van der Waals surface area contributed by atoms with E-state index in [0.29, 0.717) is 0 Å². The van der Waals surface area contributed by atoms with Crippen LogP contribution in [0.5, 0.6) is 0 Å². The Kier molecular flexibility index (Phi) is 3.64. The van der Waals surface area contributed by atoms with Gasteiger partial charge in [-0.2, -0.15) is 0 Å². The van der Waals surface area contributed by atoms with Crippen molar-refractivity contribution in [3.05, 3.63) is 24.2 Å². The molecule has 1 heterocycles. The Morgan fingerprint density at radius 2 is 2.26 bits per heavy atom. The Hall–Kier alpha value is -1.78. The fraction of sp³-hybridized carbons (Fsp3) is 0.571. The van der Waals surface area contributed by atoms with Crippen LogP contribution in [0, 0.1) is 11.3 Å². The van der Waals surface area contributed by atoms with Crippen molar-refractivity contribution in [2.24, 2.45) is 11.3 Å². The lowest BCUT2D eigenvalue weighted by Crippen LogP contribution is -2.40. The molecule has 5 nitrogen and oxygen atoms in total. The average molecular weight is 265 g/mol. The molecule has 0 bridgehead atoms. The molecule has 1 saturated carbocycles. The zero-order valence-corrected chi connectivity index (χ0v) is 11.4. The molecule has 1 aliphatic rings. The molecule has 0 radical (unpaired) electrons. The van der Waals surface area contributed by atoms with Gasteiger partial charge in [-0.3, -0.25) is 9.59 Å². The van der Waals surface area contributed by atoms with Crippen LogP contribution in [0.25, 0.3) is 0 Å². The molecule has 19 heavy (non-hydrogen) atoms. The minimum atomic E-state index is -0.709. The molecule has 1 amide bonds. The summed E-state index contributed by atoms with van der Waals surface area (Å²) < 4.78 is 9.98. The summed E-state index contributed by atoms with van der Waals surface area (Å²) in [6.45, 7) is 3.77. The number of esters is 1. The van der Waals surface area contributed by atoms with Crippen molar-refractivity contribution in [2.45, 2.75) is 26.2 Å². The number of rotatable bonds is 5. The van der Waals surface area contributed by atoms with Crippen molar-refractivity contribution in [1.29, 1.82) is 0 Å². The Labute approximate surface area is 112 Å². The normalized spacial score (nSPS) is 21.8. The van der Waals surface area contributed by atoms with Gasteiger partial charge in [0.25, 0.3) is 0 Å². The predicted octanol–water partition coefficient (Wildman–Crippen LogP) is 1.70. The summed E-state index contributed by atoms with van der Waals surface area (Å²) in [6, 6.07) is 3.71. The van der Waals surface area contributed by atoms with Gasteiger partial charge in [-0.1, -0.05) is 0 Å². The van der Waals surface area contributed by atoms with Gasteiger partial charge in [0.05, 0.1) is 18.8 Å². The molecule has 2 rings (SSSR count). The quantitative estimate of drug-likeness (QED) is 0.823. The number of carbonyl (C=O) groups excluding carboxylic acids is 2. The lowest BCUT2D eigenvalue weighted by atomic mass is 9.93. The third-order valence-corrected chi connectivity index (χ3v) is 3.48. The highest BCUT2D eigenvalue weighted by atomic mass is 16.5. The summed E-state index contributed by atoms with van der Waals surface area (Å²) in [7, 11) is 1.35. The topological polar surface area (TPSA) is 68.5 Å². The van der Waals surface area contributed by atoms with Crippen molar-refractivity contribution in [2.75, 3.05) is 13.7 Å². The van der Waals surface area contributed by atoms with E-state index in [-0.39, 0.29) is 30.3 Å². The summed E-state index contributed by atoms with van der Waals surface area (Å²) >= 11 is 0. The zero-order valence-electron chi connectivity index (χ0n) is 11.4. The highest BCUT2D eigenvalue weighted by molar-refractivity contribution is 5.84. The Bertz CT molecular complexity index is 464. The molecule has 1 N–H and O–H groups in total. The largest absolute Gasteiger partial charge is 0.469 e. The third kappa shape index (κ3) is 2.97. The number of furan rings is 1. The Morgan fingerprint density at radius 1 is 1.53 bits per heavy atom. The molecule has 2 atom stereocenters. The average Bonchev–Trinajstić information content (AvgIpc) is 3.01. The molecular formula is C14H19NO4. The van der Waals surface area contributed by atoms with Gasteiger partial charge < -0.3 is 14.5 Å². The van der Waals surface area contributed by atoms with Crippen molar-refractivity contribution in [3.63, 3.8) is 0 Å². The molecule has 104 valence electrons. The first-order valence-corrected chi connectivity index (χ1v) is 6.35. The summed E-state index contributed by atoms with van der Waals surface area (Å²) in [5, 5.41) is 2.81. The minimum Gasteiger partial charge on any atom is -0.469 e. The van der Waals surface area contributed by atoms with Crippen LogP contribution in [0.4, 0.5) is 0 Å². The number of hydrogen-bond acceptors (Lipinski definition) is 4. The van der Waals surface area contributed by atoms with Crippen molar-refractivity contribution in [1.82, 2.24) is 5.32 Å². The van der Waals surface area contributed by atoms with Gasteiger partial charge >= 0.3 is 5.97 Å². The number of hydrogen-bond donors (Lipinski definition) is 1. The maximum atomic E-state index is 12.0. The molecule has 1 aromatic heterocycles. The van der Waals surface area contributed by atoms with Crippen LogP contribution in [0.2, 0.25) is 0 Å². The van der Waals surface area contributed by atoms with E-state index in [1.54, 1.807) is 20.1 Å². The van der Waals surface area contributed by atoms with Gasteiger partial charge in [0.1, 0.15) is 5.76 Å². The molecule has 1 aliphatic carbocycles. The van der Waals surface area contributed by atoms with E-state index in [9.17, 15) is 9.59 Å².